The maximum Gasteiger partial charge on any atom is 0.0583 e. The van der Waals surface area contributed by atoms with Crippen LogP contribution in [0.25, 0.3) is 0 Å². The molecule has 1 unspecified atom stereocenters. The van der Waals surface area contributed by atoms with Crippen LogP contribution in [-0.2, 0) is 6.42 Å². The largest absolute Gasteiger partial charge is 0.393 e. The van der Waals surface area contributed by atoms with Crippen LogP contribution < -0.4 is 0 Å². The molecule has 1 aliphatic rings. The van der Waals surface area contributed by atoms with Crippen LogP contribution in [0.3, 0.4) is 0 Å². The van der Waals surface area contributed by atoms with Crippen LogP contribution >= 0.6 is 27.7 Å². The van der Waals surface area contributed by atoms with Crippen molar-refractivity contribution < 1.29 is 5.11 Å². The predicted octanol–water partition coefficient (Wildman–Crippen LogP) is 3.89. The molecule has 94 valence electrons. The van der Waals surface area contributed by atoms with Crippen molar-refractivity contribution >= 4 is 27.7 Å². The lowest BCUT2D eigenvalue weighted by Gasteiger charge is -2.24. The van der Waals surface area contributed by atoms with E-state index < -0.39 is 0 Å². The van der Waals surface area contributed by atoms with Crippen LogP contribution in [0.4, 0.5) is 0 Å². The van der Waals surface area contributed by atoms with Gasteiger partial charge in [0, 0.05) is 4.47 Å². The minimum absolute atomic E-state index is 0.193. The van der Waals surface area contributed by atoms with Gasteiger partial charge in [0.2, 0.25) is 0 Å². The van der Waals surface area contributed by atoms with Gasteiger partial charge in [-0.15, -0.1) is 0 Å². The molecule has 1 atom stereocenters. The summed E-state index contributed by atoms with van der Waals surface area (Å²) < 4.78 is 1.11. The van der Waals surface area contributed by atoms with E-state index in [9.17, 15) is 5.11 Å². The second-order valence-corrected chi connectivity index (χ2v) is 6.82. The van der Waals surface area contributed by atoms with Gasteiger partial charge < -0.3 is 5.11 Å². The standard InChI is InChI=1S/C14H19BrOS/c15-14-4-2-1-3-12(14)10-13(16)9-11-5-7-17-8-6-11/h1-4,11,13,16H,5-10H2. The minimum atomic E-state index is -0.193. The van der Waals surface area contributed by atoms with E-state index in [-0.39, 0.29) is 6.10 Å². The zero-order valence-corrected chi connectivity index (χ0v) is 12.3. The SMILES string of the molecule is OC(Cc1ccccc1Br)CC1CCSCC1. The van der Waals surface area contributed by atoms with E-state index in [2.05, 4.69) is 22.0 Å². The molecule has 0 amide bonds. The highest BCUT2D eigenvalue weighted by atomic mass is 79.9. The number of benzene rings is 1. The fourth-order valence-electron chi connectivity index (χ4n) is 2.37. The van der Waals surface area contributed by atoms with E-state index >= 15 is 0 Å². The molecule has 1 fully saturated rings. The molecule has 0 saturated carbocycles. The van der Waals surface area contributed by atoms with Gasteiger partial charge in [-0.2, -0.15) is 11.8 Å². The zero-order chi connectivity index (χ0) is 12.1. The van der Waals surface area contributed by atoms with Crippen molar-refractivity contribution in [3.63, 3.8) is 0 Å². The molecular formula is C14H19BrOS. The van der Waals surface area contributed by atoms with Gasteiger partial charge in [-0.1, -0.05) is 34.1 Å². The molecule has 2 rings (SSSR count). The maximum absolute atomic E-state index is 10.2. The van der Waals surface area contributed by atoms with Crippen LogP contribution in [0.1, 0.15) is 24.8 Å². The number of aliphatic hydroxyl groups excluding tert-OH is 1. The van der Waals surface area contributed by atoms with Crippen molar-refractivity contribution in [2.75, 3.05) is 11.5 Å². The summed E-state index contributed by atoms with van der Waals surface area (Å²) in [6.45, 7) is 0. The third kappa shape index (κ3) is 4.31. The van der Waals surface area contributed by atoms with Crippen LogP contribution in [0, 0.1) is 5.92 Å². The molecule has 0 spiro atoms. The second-order valence-electron chi connectivity index (χ2n) is 4.74. The number of hydrogen-bond acceptors (Lipinski definition) is 2. The van der Waals surface area contributed by atoms with Crippen molar-refractivity contribution in [2.45, 2.75) is 31.8 Å². The topological polar surface area (TPSA) is 20.2 Å². The van der Waals surface area contributed by atoms with Crippen LogP contribution in [0.2, 0.25) is 0 Å². The summed E-state index contributed by atoms with van der Waals surface area (Å²) >= 11 is 5.58. The first-order valence-electron chi connectivity index (χ1n) is 6.25. The molecular weight excluding hydrogens is 296 g/mol. The molecule has 1 N–H and O–H groups in total. The number of thioether (sulfide) groups is 1. The summed E-state index contributed by atoms with van der Waals surface area (Å²) in [4.78, 5) is 0. The summed E-state index contributed by atoms with van der Waals surface area (Å²) in [5.41, 5.74) is 1.21. The monoisotopic (exact) mass is 314 g/mol. The van der Waals surface area contributed by atoms with Crippen LogP contribution in [0.15, 0.2) is 28.7 Å². The van der Waals surface area contributed by atoms with Gasteiger partial charge in [0.15, 0.2) is 0 Å². The molecule has 1 aliphatic heterocycles. The van der Waals surface area contributed by atoms with E-state index in [0.717, 1.165) is 23.2 Å². The number of aliphatic hydroxyl groups is 1. The predicted molar refractivity (Wildman–Crippen MR) is 78.5 cm³/mol. The molecule has 1 aromatic rings. The van der Waals surface area contributed by atoms with Crippen molar-refractivity contribution in [2.24, 2.45) is 5.92 Å². The van der Waals surface area contributed by atoms with Gasteiger partial charge in [-0.05, 0) is 54.7 Å². The Hall–Kier alpha value is 0.01000. The molecule has 0 aromatic heterocycles. The number of rotatable bonds is 4. The smallest absolute Gasteiger partial charge is 0.0583 e. The Morgan fingerprint density at radius 3 is 2.71 bits per heavy atom. The Balaban J connectivity index is 1.84. The lowest BCUT2D eigenvalue weighted by atomic mass is 9.93. The molecule has 0 aliphatic carbocycles. The molecule has 0 bridgehead atoms. The average molecular weight is 315 g/mol. The third-order valence-electron chi connectivity index (χ3n) is 3.36. The van der Waals surface area contributed by atoms with E-state index in [4.69, 9.17) is 0 Å². The van der Waals surface area contributed by atoms with Crippen molar-refractivity contribution in [1.82, 2.24) is 0 Å². The summed E-state index contributed by atoms with van der Waals surface area (Å²) in [6.07, 6.45) is 4.09. The van der Waals surface area contributed by atoms with Crippen molar-refractivity contribution in [1.29, 1.82) is 0 Å². The Bertz CT molecular complexity index is 350. The average Bonchev–Trinajstić information content (AvgIpc) is 2.33. The zero-order valence-electron chi connectivity index (χ0n) is 9.94. The molecule has 0 radical (unpaired) electrons. The first kappa shape index (κ1) is 13.4. The normalized spacial score (nSPS) is 19.2. The summed E-state index contributed by atoms with van der Waals surface area (Å²) in [5, 5.41) is 10.2. The first-order chi connectivity index (χ1) is 8.25. The minimum Gasteiger partial charge on any atom is -0.393 e. The Morgan fingerprint density at radius 2 is 2.00 bits per heavy atom. The van der Waals surface area contributed by atoms with E-state index in [1.807, 2.05) is 30.0 Å². The summed E-state index contributed by atoms with van der Waals surface area (Å²) in [6, 6.07) is 8.17. The third-order valence-corrected chi connectivity index (χ3v) is 5.18. The quantitative estimate of drug-likeness (QED) is 0.910. The molecule has 17 heavy (non-hydrogen) atoms. The molecule has 1 nitrogen and oxygen atoms in total. The maximum atomic E-state index is 10.2. The Morgan fingerprint density at radius 1 is 1.29 bits per heavy atom. The lowest BCUT2D eigenvalue weighted by molar-refractivity contribution is 0.139. The molecule has 1 saturated heterocycles. The van der Waals surface area contributed by atoms with Gasteiger partial charge in [0.1, 0.15) is 0 Å². The number of halogens is 1. The lowest BCUT2D eigenvalue weighted by Crippen LogP contribution is -2.19. The van der Waals surface area contributed by atoms with Gasteiger partial charge >= 0.3 is 0 Å². The highest BCUT2D eigenvalue weighted by molar-refractivity contribution is 9.10. The van der Waals surface area contributed by atoms with Crippen molar-refractivity contribution in [3.8, 4) is 0 Å². The van der Waals surface area contributed by atoms with Gasteiger partial charge in [-0.25, -0.2) is 0 Å². The molecule has 1 heterocycles. The molecule has 1 aromatic carbocycles. The van der Waals surface area contributed by atoms with Gasteiger partial charge in [0.05, 0.1) is 6.10 Å². The highest BCUT2D eigenvalue weighted by Gasteiger charge is 2.18. The second kappa shape index (κ2) is 6.81. The summed E-state index contributed by atoms with van der Waals surface area (Å²) in [7, 11) is 0. The fourth-order valence-corrected chi connectivity index (χ4v) is 4.02. The number of hydrogen-bond donors (Lipinski definition) is 1. The van der Waals surface area contributed by atoms with Gasteiger partial charge in [0.25, 0.3) is 0 Å². The Kier molecular flexibility index (Phi) is 5.39. The van der Waals surface area contributed by atoms with Crippen LogP contribution in [-0.4, -0.2) is 22.7 Å². The van der Waals surface area contributed by atoms with Crippen LogP contribution in [0.5, 0.6) is 0 Å². The molecule has 3 heteroatoms. The van der Waals surface area contributed by atoms with E-state index in [1.165, 1.54) is 29.9 Å². The fraction of sp³-hybridized carbons (Fsp3) is 0.571. The summed E-state index contributed by atoms with van der Waals surface area (Å²) in [5.74, 6) is 3.27. The van der Waals surface area contributed by atoms with Crippen molar-refractivity contribution in [3.05, 3.63) is 34.3 Å². The van der Waals surface area contributed by atoms with E-state index in [1.54, 1.807) is 0 Å². The van der Waals surface area contributed by atoms with Gasteiger partial charge in [-0.3, -0.25) is 0 Å². The van der Waals surface area contributed by atoms with E-state index in [0.29, 0.717) is 0 Å². The first-order valence-corrected chi connectivity index (χ1v) is 8.19. The highest BCUT2D eigenvalue weighted by Crippen LogP contribution is 2.27. The Labute approximate surface area is 116 Å².